The minimum atomic E-state index is -0.594. The quantitative estimate of drug-likeness (QED) is 0.915. The second kappa shape index (κ2) is 3.80. The standard InChI is InChI=1S/C12H15BrO2/c1-3-8-7-12(8,14)9-4-5-11(15-2)10(13)6-9/h4-6,8,14H,3,7H2,1-2H3. The van der Waals surface area contributed by atoms with E-state index in [9.17, 15) is 5.11 Å². The normalized spacial score (nSPS) is 28.9. The highest BCUT2D eigenvalue weighted by molar-refractivity contribution is 9.10. The number of benzene rings is 1. The summed E-state index contributed by atoms with van der Waals surface area (Å²) in [6.45, 7) is 2.11. The summed E-state index contributed by atoms with van der Waals surface area (Å²) in [5.41, 5.74) is 0.394. The summed E-state index contributed by atoms with van der Waals surface area (Å²) >= 11 is 3.43. The summed E-state index contributed by atoms with van der Waals surface area (Å²) in [7, 11) is 1.64. The van der Waals surface area contributed by atoms with Gasteiger partial charge in [0.2, 0.25) is 0 Å². The van der Waals surface area contributed by atoms with Crippen LogP contribution in [-0.4, -0.2) is 12.2 Å². The van der Waals surface area contributed by atoms with Crippen molar-refractivity contribution < 1.29 is 9.84 Å². The van der Waals surface area contributed by atoms with Gasteiger partial charge in [0.25, 0.3) is 0 Å². The van der Waals surface area contributed by atoms with Crippen LogP contribution in [-0.2, 0) is 5.60 Å². The molecule has 15 heavy (non-hydrogen) atoms. The molecular formula is C12H15BrO2. The number of hydrogen-bond acceptors (Lipinski definition) is 2. The maximum atomic E-state index is 10.3. The number of methoxy groups -OCH3 is 1. The minimum Gasteiger partial charge on any atom is -0.496 e. The van der Waals surface area contributed by atoms with Crippen LogP contribution in [0.25, 0.3) is 0 Å². The summed E-state index contributed by atoms with van der Waals surface area (Å²) < 4.78 is 6.06. The molecule has 2 rings (SSSR count). The van der Waals surface area contributed by atoms with Crippen LogP contribution in [0, 0.1) is 5.92 Å². The van der Waals surface area contributed by atoms with E-state index in [4.69, 9.17) is 4.74 Å². The lowest BCUT2D eigenvalue weighted by Gasteiger charge is -2.12. The number of halogens is 1. The lowest BCUT2D eigenvalue weighted by molar-refractivity contribution is 0.130. The van der Waals surface area contributed by atoms with Gasteiger partial charge >= 0.3 is 0 Å². The van der Waals surface area contributed by atoms with Gasteiger partial charge in [-0.25, -0.2) is 0 Å². The molecule has 1 aliphatic carbocycles. The second-order valence-corrected chi connectivity index (χ2v) is 4.94. The van der Waals surface area contributed by atoms with Gasteiger partial charge in [0.15, 0.2) is 0 Å². The van der Waals surface area contributed by atoms with E-state index in [-0.39, 0.29) is 0 Å². The van der Waals surface area contributed by atoms with Crippen molar-refractivity contribution >= 4 is 15.9 Å². The van der Waals surface area contributed by atoms with Crippen molar-refractivity contribution in [1.82, 2.24) is 0 Å². The summed E-state index contributed by atoms with van der Waals surface area (Å²) in [4.78, 5) is 0. The first-order valence-corrected chi connectivity index (χ1v) is 5.97. The van der Waals surface area contributed by atoms with Crippen LogP contribution in [0.2, 0.25) is 0 Å². The fraction of sp³-hybridized carbons (Fsp3) is 0.500. The Bertz CT molecular complexity index is 378. The van der Waals surface area contributed by atoms with E-state index in [1.54, 1.807) is 7.11 Å². The third-order valence-electron chi connectivity index (χ3n) is 3.22. The molecule has 2 nitrogen and oxygen atoms in total. The van der Waals surface area contributed by atoms with Gasteiger partial charge in [-0.05, 0) is 46.0 Å². The third-order valence-corrected chi connectivity index (χ3v) is 3.84. The Morgan fingerprint density at radius 1 is 1.60 bits per heavy atom. The summed E-state index contributed by atoms with van der Waals surface area (Å²) in [5, 5.41) is 10.3. The molecule has 3 heteroatoms. The van der Waals surface area contributed by atoms with Gasteiger partial charge in [-0.15, -0.1) is 0 Å². The van der Waals surface area contributed by atoms with Crippen LogP contribution in [0.5, 0.6) is 5.75 Å². The molecule has 2 unspecified atom stereocenters. The van der Waals surface area contributed by atoms with Gasteiger partial charge in [-0.2, -0.15) is 0 Å². The zero-order chi connectivity index (χ0) is 11.1. The van der Waals surface area contributed by atoms with Crippen molar-refractivity contribution in [2.24, 2.45) is 5.92 Å². The Morgan fingerprint density at radius 3 is 2.80 bits per heavy atom. The average molecular weight is 271 g/mol. The van der Waals surface area contributed by atoms with E-state index >= 15 is 0 Å². The van der Waals surface area contributed by atoms with Crippen LogP contribution < -0.4 is 4.74 Å². The molecule has 1 aromatic carbocycles. The number of hydrogen-bond donors (Lipinski definition) is 1. The highest BCUT2D eigenvalue weighted by atomic mass is 79.9. The number of rotatable bonds is 3. The van der Waals surface area contributed by atoms with E-state index in [1.807, 2.05) is 18.2 Å². The molecule has 0 aliphatic heterocycles. The zero-order valence-electron chi connectivity index (χ0n) is 8.96. The van der Waals surface area contributed by atoms with Crippen molar-refractivity contribution in [3.8, 4) is 5.75 Å². The molecule has 0 radical (unpaired) electrons. The van der Waals surface area contributed by atoms with Crippen molar-refractivity contribution in [2.45, 2.75) is 25.4 Å². The Kier molecular flexibility index (Phi) is 2.77. The lowest BCUT2D eigenvalue weighted by atomic mass is 10.0. The van der Waals surface area contributed by atoms with Crippen LogP contribution in [0.1, 0.15) is 25.3 Å². The SMILES string of the molecule is CCC1CC1(O)c1ccc(OC)c(Br)c1. The molecule has 1 aliphatic rings. The van der Waals surface area contributed by atoms with E-state index in [2.05, 4.69) is 22.9 Å². The molecule has 0 saturated heterocycles. The summed E-state index contributed by atoms with van der Waals surface area (Å²) in [6.07, 6.45) is 1.91. The van der Waals surface area contributed by atoms with Crippen molar-refractivity contribution in [2.75, 3.05) is 7.11 Å². The topological polar surface area (TPSA) is 29.5 Å². The molecule has 82 valence electrons. The van der Waals surface area contributed by atoms with E-state index in [0.717, 1.165) is 28.6 Å². The highest BCUT2D eigenvalue weighted by Crippen LogP contribution is 2.54. The molecule has 1 saturated carbocycles. The Morgan fingerprint density at radius 2 is 2.33 bits per heavy atom. The first-order chi connectivity index (χ1) is 7.11. The van der Waals surface area contributed by atoms with Crippen LogP contribution in [0.4, 0.5) is 0 Å². The molecule has 1 fully saturated rings. The predicted octanol–water partition coefficient (Wildman–Crippen LogP) is 3.08. The molecule has 0 heterocycles. The molecule has 1 aromatic rings. The van der Waals surface area contributed by atoms with Gasteiger partial charge in [0, 0.05) is 0 Å². The largest absolute Gasteiger partial charge is 0.496 e. The lowest BCUT2D eigenvalue weighted by Crippen LogP contribution is -2.08. The van der Waals surface area contributed by atoms with Gasteiger partial charge in [-0.1, -0.05) is 19.4 Å². The smallest absolute Gasteiger partial charge is 0.133 e. The molecule has 0 spiro atoms. The highest BCUT2D eigenvalue weighted by Gasteiger charge is 2.52. The summed E-state index contributed by atoms with van der Waals surface area (Å²) in [6, 6.07) is 5.79. The maximum absolute atomic E-state index is 10.3. The average Bonchev–Trinajstić information content (AvgIpc) is 2.91. The van der Waals surface area contributed by atoms with E-state index in [0.29, 0.717) is 5.92 Å². The molecule has 0 aromatic heterocycles. The molecule has 2 atom stereocenters. The van der Waals surface area contributed by atoms with Gasteiger partial charge in [-0.3, -0.25) is 0 Å². The second-order valence-electron chi connectivity index (χ2n) is 4.08. The Labute approximate surface area is 98.4 Å². The van der Waals surface area contributed by atoms with Crippen molar-refractivity contribution in [3.05, 3.63) is 28.2 Å². The van der Waals surface area contributed by atoms with Gasteiger partial charge in [0.05, 0.1) is 17.2 Å². The monoisotopic (exact) mass is 270 g/mol. The van der Waals surface area contributed by atoms with Crippen molar-refractivity contribution in [3.63, 3.8) is 0 Å². The molecule has 1 N–H and O–H groups in total. The molecular weight excluding hydrogens is 256 g/mol. The van der Waals surface area contributed by atoms with E-state index < -0.39 is 5.60 Å². The van der Waals surface area contributed by atoms with Crippen molar-refractivity contribution in [1.29, 1.82) is 0 Å². The van der Waals surface area contributed by atoms with E-state index in [1.165, 1.54) is 0 Å². The first kappa shape index (κ1) is 11.0. The van der Waals surface area contributed by atoms with Crippen LogP contribution in [0.3, 0.4) is 0 Å². The van der Waals surface area contributed by atoms with Gasteiger partial charge < -0.3 is 9.84 Å². The van der Waals surface area contributed by atoms with Crippen LogP contribution in [0.15, 0.2) is 22.7 Å². The minimum absolute atomic E-state index is 0.415. The maximum Gasteiger partial charge on any atom is 0.133 e. The number of aliphatic hydroxyl groups is 1. The van der Waals surface area contributed by atoms with Crippen LogP contribution >= 0.6 is 15.9 Å². The number of ether oxygens (including phenoxy) is 1. The molecule has 0 bridgehead atoms. The van der Waals surface area contributed by atoms with Gasteiger partial charge in [0.1, 0.15) is 5.75 Å². The zero-order valence-corrected chi connectivity index (χ0v) is 10.5. The first-order valence-electron chi connectivity index (χ1n) is 5.18. The Hall–Kier alpha value is -0.540. The molecule has 0 amide bonds. The third kappa shape index (κ3) is 1.79. The Balaban J connectivity index is 2.28. The fourth-order valence-corrected chi connectivity index (χ4v) is 2.63. The predicted molar refractivity (Wildman–Crippen MR) is 63.0 cm³/mol. The fourth-order valence-electron chi connectivity index (χ4n) is 2.09. The summed E-state index contributed by atoms with van der Waals surface area (Å²) in [5.74, 6) is 1.22.